The summed E-state index contributed by atoms with van der Waals surface area (Å²) in [6.07, 6.45) is 0. The van der Waals surface area contributed by atoms with Crippen molar-refractivity contribution in [1.82, 2.24) is 0 Å². The zero-order valence-electron chi connectivity index (χ0n) is 10.5. The molecule has 2 N–H and O–H groups in total. The smallest absolute Gasteiger partial charge is 0.145 e. The van der Waals surface area contributed by atoms with Crippen molar-refractivity contribution in [2.45, 2.75) is 13.5 Å². The van der Waals surface area contributed by atoms with Crippen LogP contribution in [0.4, 0.5) is 0 Å². The number of nitrogens with zero attached hydrogens (tertiary/aromatic N) is 1. The highest BCUT2D eigenvalue weighted by atomic mass is 79.9. The van der Waals surface area contributed by atoms with Crippen LogP contribution in [0.1, 0.15) is 16.7 Å². The van der Waals surface area contributed by atoms with Crippen LogP contribution >= 0.6 is 15.9 Å². The van der Waals surface area contributed by atoms with Gasteiger partial charge in [-0.2, -0.15) is 5.26 Å². The van der Waals surface area contributed by atoms with E-state index in [1.807, 2.05) is 31.2 Å². The molecular formula is C15H13BrN2O. The minimum atomic E-state index is 0.406. The summed E-state index contributed by atoms with van der Waals surface area (Å²) in [4.78, 5) is 0. The van der Waals surface area contributed by atoms with Crippen LogP contribution in [0.2, 0.25) is 0 Å². The van der Waals surface area contributed by atoms with Crippen LogP contribution in [0, 0.1) is 18.3 Å². The minimum absolute atomic E-state index is 0.406. The van der Waals surface area contributed by atoms with Crippen molar-refractivity contribution in [3.8, 4) is 17.6 Å². The van der Waals surface area contributed by atoms with Gasteiger partial charge >= 0.3 is 0 Å². The standard InChI is InChI=1S/C15H13BrN2O/c1-10-2-4-15(13(16)6-10)19-14-5-3-11(8-17)7-12(14)9-18/h2-7H,8,17H2,1H3. The second-order valence-corrected chi connectivity index (χ2v) is 5.04. The predicted molar refractivity (Wildman–Crippen MR) is 78.0 cm³/mol. The van der Waals surface area contributed by atoms with Gasteiger partial charge in [0.15, 0.2) is 0 Å². The Labute approximate surface area is 120 Å². The van der Waals surface area contributed by atoms with Gasteiger partial charge in [-0.15, -0.1) is 0 Å². The molecule has 96 valence electrons. The average molecular weight is 317 g/mol. The van der Waals surface area contributed by atoms with E-state index >= 15 is 0 Å². The maximum Gasteiger partial charge on any atom is 0.145 e. The molecule has 4 heteroatoms. The molecule has 0 aliphatic heterocycles. The number of halogens is 1. The van der Waals surface area contributed by atoms with Gasteiger partial charge in [-0.3, -0.25) is 0 Å². The van der Waals surface area contributed by atoms with Gasteiger partial charge in [0.1, 0.15) is 17.6 Å². The van der Waals surface area contributed by atoms with Crippen molar-refractivity contribution in [3.63, 3.8) is 0 Å². The van der Waals surface area contributed by atoms with Gasteiger partial charge in [-0.25, -0.2) is 0 Å². The summed E-state index contributed by atoms with van der Waals surface area (Å²) in [6.45, 7) is 2.41. The van der Waals surface area contributed by atoms with Crippen LogP contribution in [-0.4, -0.2) is 0 Å². The van der Waals surface area contributed by atoms with E-state index in [2.05, 4.69) is 22.0 Å². The SMILES string of the molecule is Cc1ccc(Oc2ccc(CN)cc2C#N)c(Br)c1. The Morgan fingerprint density at radius 2 is 1.95 bits per heavy atom. The number of ether oxygens (including phenoxy) is 1. The summed E-state index contributed by atoms with van der Waals surface area (Å²) < 4.78 is 6.64. The molecule has 0 heterocycles. The Morgan fingerprint density at radius 3 is 2.58 bits per heavy atom. The lowest BCUT2D eigenvalue weighted by molar-refractivity contribution is 0.477. The largest absolute Gasteiger partial charge is 0.455 e. The summed E-state index contributed by atoms with van der Waals surface area (Å²) in [6, 6.07) is 13.3. The van der Waals surface area contributed by atoms with Crippen LogP contribution in [0.3, 0.4) is 0 Å². The van der Waals surface area contributed by atoms with Crippen molar-refractivity contribution in [2.24, 2.45) is 5.73 Å². The number of hydrogen-bond acceptors (Lipinski definition) is 3. The van der Waals surface area contributed by atoms with Crippen molar-refractivity contribution in [1.29, 1.82) is 5.26 Å². The molecule has 0 unspecified atom stereocenters. The summed E-state index contributed by atoms with van der Waals surface area (Å²) in [5.74, 6) is 1.21. The molecule has 0 radical (unpaired) electrons. The zero-order valence-corrected chi connectivity index (χ0v) is 12.1. The highest BCUT2D eigenvalue weighted by Crippen LogP contribution is 2.32. The minimum Gasteiger partial charge on any atom is -0.455 e. The van der Waals surface area contributed by atoms with Gasteiger partial charge in [-0.05, 0) is 58.2 Å². The first-order chi connectivity index (χ1) is 9.13. The van der Waals surface area contributed by atoms with Crippen LogP contribution in [0.5, 0.6) is 11.5 Å². The maximum atomic E-state index is 9.15. The van der Waals surface area contributed by atoms with Crippen molar-refractivity contribution >= 4 is 15.9 Å². The third-order valence-electron chi connectivity index (χ3n) is 2.71. The lowest BCUT2D eigenvalue weighted by atomic mass is 10.1. The van der Waals surface area contributed by atoms with E-state index in [0.717, 1.165) is 15.6 Å². The summed E-state index contributed by atoms with van der Waals surface area (Å²) in [5, 5.41) is 9.15. The molecular weight excluding hydrogens is 304 g/mol. The van der Waals surface area contributed by atoms with Gasteiger partial charge in [0.25, 0.3) is 0 Å². The van der Waals surface area contributed by atoms with E-state index in [9.17, 15) is 0 Å². The monoisotopic (exact) mass is 316 g/mol. The van der Waals surface area contributed by atoms with Crippen molar-refractivity contribution < 1.29 is 4.74 Å². The number of nitriles is 1. The van der Waals surface area contributed by atoms with E-state index in [1.165, 1.54) is 0 Å². The van der Waals surface area contributed by atoms with Crippen LogP contribution in [0.15, 0.2) is 40.9 Å². The topological polar surface area (TPSA) is 59.0 Å². The Balaban J connectivity index is 2.35. The number of hydrogen-bond donors (Lipinski definition) is 1. The second-order valence-electron chi connectivity index (χ2n) is 4.18. The molecule has 0 aliphatic rings. The van der Waals surface area contributed by atoms with Gasteiger partial charge < -0.3 is 10.5 Å². The van der Waals surface area contributed by atoms with Crippen molar-refractivity contribution in [3.05, 3.63) is 57.6 Å². The molecule has 0 fully saturated rings. The van der Waals surface area contributed by atoms with Gasteiger partial charge in [0, 0.05) is 6.54 Å². The molecule has 0 bridgehead atoms. The van der Waals surface area contributed by atoms with Gasteiger partial charge in [0.05, 0.1) is 10.0 Å². The van der Waals surface area contributed by atoms with E-state index in [0.29, 0.717) is 23.6 Å². The Bertz CT molecular complexity index is 647. The number of nitrogens with two attached hydrogens (primary N) is 1. The second kappa shape index (κ2) is 5.87. The normalized spacial score (nSPS) is 10.0. The molecule has 0 atom stereocenters. The number of benzene rings is 2. The average Bonchev–Trinajstić information content (AvgIpc) is 2.42. The highest BCUT2D eigenvalue weighted by molar-refractivity contribution is 9.10. The molecule has 2 aromatic carbocycles. The van der Waals surface area contributed by atoms with E-state index in [4.69, 9.17) is 15.7 Å². The molecule has 0 spiro atoms. The first kappa shape index (κ1) is 13.6. The van der Waals surface area contributed by atoms with E-state index in [1.54, 1.807) is 12.1 Å². The molecule has 0 saturated heterocycles. The Hall–Kier alpha value is -1.83. The molecule has 0 saturated carbocycles. The van der Waals surface area contributed by atoms with E-state index < -0.39 is 0 Å². The zero-order chi connectivity index (χ0) is 13.8. The van der Waals surface area contributed by atoms with Crippen LogP contribution < -0.4 is 10.5 Å². The summed E-state index contributed by atoms with van der Waals surface area (Å²) in [7, 11) is 0. The molecule has 2 rings (SSSR count). The third-order valence-corrected chi connectivity index (χ3v) is 3.33. The van der Waals surface area contributed by atoms with Gasteiger partial charge in [0.2, 0.25) is 0 Å². The number of rotatable bonds is 3. The lowest BCUT2D eigenvalue weighted by Crippen LogP contribution is -1.97. The molecule has 2 aromatic rings. The fraction of sp³-hybridized carbons (Fsp3) is 0.133. The quantitative estimate of drug-likeness (QED) is 0.934. The molecule has 0 amide bonds. The van der Waals surface area contributed by atoms with Gasteiger partial charge in [-0.1, -0.05) is 12.1 Å². The fourth-order valence-corrected chi connectivity index (χ4v) is 2.26. The Kier molecular flexibility index (Phi) is 4.20. The number of aryl methyl sites for hydroxylation is 1. The third kappa shape index (κ3) is 3.14. The molecule has 0 aromatic heterocycles. The first-order valence-electron chi connectivity index (χ1n) is 5.81. The first-order valence-corrected chi connectivity index (χ1v) is 6.60. The lowest BCUT2D eigenvalue weighted by Gasteiger charge is -2.10. The highest BCUT2D eigenvalue weighted by Gasteiger charge is 2.08. The van der Waals surface area contributed by atoms with E-state index in [-0.39, 0.29) is 0 Å². The maximum absolute atomic E-state index is 9.15. The Morgan fingerprint density at radius 1 is 1.21 bits per heavy atom. The predicted octanol–water partition coefficient (Wildman–Crippen LogP) is 3.88. The fourth-order valence-electron chi connectivity index (χ4n) is 1.69. The van der Waals surface area contributed by atoms with Crippen LogP contribution in [-0.2, 0) is 6.54 Å². The molecule has 19 heavy (non-hydrogen) atoms. The summed E-state index contributed by atoms with van der Waals surface area (Å²) in [5.41, 5.74) is 8.09. The van der Waals surface area contributed by atoms with Crippen molar-refractivity contribution in [2.75, 3.05) is 0 Å². The summed E-state index contributed by atoms with van der Waals surface area (Å²) >= 11 is 3.45. The molecule has 0 aliphatic carbocycles. The van der Waals surface area contributed by atoms with Crippen LogP contribution in [0.25, 0.3) is 0 Å². The molecule has 3 nitrogen and oxygen atoms in total.